The lowest BCUT2D eigenvalue weighted by molar-refractivity contribution is 1.24. The minimum absolute atomic E-state index is 0.470. The van der Waals surface area contributed by atoms with Gasteiger partial charge in [-0.05, 0) is 23.9 Å². The molecule has 2 heteroatoms. The molecule has 0 spiro atoms. The molecule has 1 heterocycles. The number of hydrogen-bond donors (Lipinski definition) is 1. The van der Waals surface area contributed by atoms with Gasteiger partial charge in [-0.1, -0.05) is 18.2 Å². The smallest absolute Gasteiger partial charge is 0.0670 e. The van der Waals surface area contributed by atoms with E-state index in [1.807, 2.05) is 19.1 Å². The molecule has 0 saturated heterocycles. The molecule has 1 aromatic carbocycles. The van der Waals surface area contributed by atoms with Gasteiger partial charge in [-0.2, -0.15) is 5.26 Å². The monoisotopic (exact) mass is 170 g/mol. The van der Waals surface area contributed by atoms with Crippen LogP contribution in [0, 0.1) is 18.3 Å². The molecule has 0 saturated carbocycles. The molecule has 0 aliphatic heterocycles. The fraction of sp³-hybridized carbons (Fsp3) is 0.182. The first-order valence-electron chi connectivity index (χ1n) is 4.25. The number of fused-ring (bicyclic) bond motifs is 1. The number of hydrogen-bond acceptors (Lipinski definition) is 1. The molecule has 2 rings (SSSR count). The lowest BCUT2D eigenvalue weighted by Crippen LogP contribution is -1.83. The summed E-state index contributed by atoms with van der Waals surface area (Å²) in [6, 6.07) is 10.3. The summed E-state index contributed by atoms with van der Waals surface area (Å²) in [4.78, 5) is 3.26. The van der Waals surface area contributed by atoms with Crippen LogP contribution in [0.1, 0.15) is 11.3 Å². The Hall–Kier alpha value is -1.75. The van der Waals surface area contributed by atoms with Gasteiger partial charge < -0.3 is 4.98 Å². The van der Waals surface area contributed by atoms with Gasteiger partial charge in [-0.15, -0.1) is 0 Å². The van der Waals surface area contributed by atoms with Gasteiger partial charge in [0.25, 0.3) is 0 Å². The molecule has 0 amide bonds. The van der Waals surface area contributed by atoms with Gasteiger partial charge in [0.2, 0.25) is 0 Å². The molecule has 13 heavy (non-hydrogen) atoms. The van der Waals surface area contributed by atoms with Crippen LogP contribution >= 0.6 is 0 Å². The van der Waals surface area contributed by atoms with Gasteiger partial charge in [-0.3, -0.25) is 0 Å². The van der Waals surface area contributed by atoms with Crippen molar-refractivity contribution in [3.05, 3.63) is 35.5 Å². The summed E-state index contributed by atoms with van der Waals surface area (Å²) >= 11 is 0. The van der Waals surface area contributed by atoms with Crippen LogP contribution < -0.4 is 0 Å². The van der Waals surface area contributed by atoms with Crippen LogP contribution in [0.25, 0.3) is 10.9 Å². The Morgan fingerprint density at radius 1 is 1.46 bits per heavy atom. The van der Waals surface area contributed by atoms with Crippen molar-refractivity contribution in [2.45, 2.75) is 13.3 Å². The largest absolute Gasteiger partial charge is 0.358 e. The Bertz CT molecular complexity index is 474. The van der Waals surface area contributed by atoms with E-state index in [4.69, 9.17) is 5.26 Å². The second-order valence-corrected chi connectivity index (χ2v) is 3.17. The molecule has 1 N–H and O–H groups in total. The summed E-state index contributed by atoms with van der Waals surface area (Å²) in [5.41, 5.74) is 3.31. The van der Waals surface area contributed by atoms with Crippen LogP contribution in [0.15, 0.2) is 24.3 Å². The molecule has 1 aromatic heterocycles. The lowest BCUT2D eigenvalue weighted by atomic mass is 10.1. The number of para-hydroxylation sites is 1. The van der Waals surface area contributed by atoms with Crippen LogP contribution in [0.2, 0.25) is 0 Å². The zero-order chi connectivity index (χ0) is 9.26. The zero-order valence-corrected chi connectivity index (χ0v) is 7.46. The van der Waals surface area contributed by atoms with E-state index in [0.717, 1.165) is 16.8 Å². The Balaban J connectivity index is 2.69. The molecule has 64 valence electrons. The number of aromatic amines is 1. The van der Waals surface area contributed by atoms with E-state index < -0.39 is 0 Å². The van der Waals surface area contributed by atoms with Gasteiger partial charge in [0.05, 0.1) is 12.5 Å². The van der Waals surface area contributed by atoms with E-state index in [2.05, 4.69) is 23.2 Å². The molecular formula is C11H10N2. The van der Waals surface area contributed by atoms with Crippen LogP contribution in [-0.4, -0.2) is 4.98 Å². The number of nitrogens with one attached hydrogen (secondary N) is 1. The minimum atomic E-state index is 0.470. The lowest BCUT2D eigenvalue weighted by Gasteiger charge is -1.96. The van der Waals surface area contributed by atoms with Crippen molar-refractivity contribution in [1.29, 1.82) is 5.26 Å². The highest BCUT2D eigenvalue weighted by Crippen LogP contribution is 2.19. The van der Waals surface area contributed by atoms with Crippen LogP contribution in [0.4, 0.5) is 0 Å². The van der Waals surface area contributed by atoms with Crippen molar-refractivity contribution in [1.82, 2.24) is 4.98 Å². The van der Waals surface area contributed by atoms with E-state index in [0.29, 0.717) is 6.42 Å². The third kappa shape index (κ3) is 1.29. The fourth-order valence-corrected chi connectivity index (χ4v) is 1.59. The minimum Gasteiger partial charge on any atom is -0.358 e. The number of aromatic nitrogens is 1. The van der Waals surface area contributed by atoms with E-state index in [1.54, 1.807) is 0 Å². The molecule has 0 aliphatic rings. The Morgan fingerprint density at radius 2 is 2.31 bits per heavy atom. The number of H-pyrrole nitrogens is 1. The predicted molar refractivity (Wildman–Crippen MR) is 52.4 cm³/mol. The summed E-state index contributed by atoms with van der Waals surface area (Å²) in [5, 5.41) is 9.81. The number of nitriles is 1. The van der Waals surface area contributed by atoms with Crippen molar-refractivity contribution < 1.29 is 0 Å². The number of nitrogens with zero attached hydrogens (tertiary/aromatic N) is 1. The van der Waals surface area contributed by atoms with Crippen molar-refractivity contribution in [2.24, 2.45) is 0 Å². The second kappa shape index (κ2) is 2.95. The molecule has 0 aliphatic carbocycles. The van der Waals surface area contributed by atoms with Gasteiger partial charge in [0.15, 0.2) is 0 Å². The summed E-state index contributed by atoms with van der Waals surface area (Å²) in [6.07, 6.45) is 0.470. The maximum Gasteiger partial charge on any atom is 0.0670 e. The number of benzene rings is 1. The van der Waals surface area contributed by atoms with Gasteiger partial charge in [0.1, 0.15) is 0 Å². The first kappa shape index (κ1) is 7.88. The third-order valence-corrected chi connectivity index (χ3v) is 2.15. The van der Waals surface area contributed by atoms with Gasteiger partial charge >= 0.3 is 0 Å². The van der Waals surface area contributed by atoms with Gasteiger partial charge in [0, 0.05) is 11.2 Å². The highest BCUT2D eigenvalue weighted by Gasteiger charge is 2.01. The average molecular weight is 170 g/mol. The Morgan fingerprint density at radius 3 is 3.08 bits per heavy atom. The van der Waals surface area contributed by atoms with Crippen LogP contribution in [0.5, 0.6) is 0 Å². The average Bonchev–Trinajstić information content (AvgIpc) is 2.47. The molecule has 0 atom stereocenters. The first-order chi connectivity index (χ1) is 6.31. The first-order valence-corrected chi connectivity index (χ1v) is 4.25. The maximum atomic E-state index is 8.62. The quantitative estimate of drug-likeness (QED) is 0.701. The normalized spacial score (nSPS) is 10.2. The standard InChI is InChI=1S/C11H10N2/c1-8-7-10-4-2-3-9(5-6-12)11(10)13-8/h2-4,7,13H,5H2,1H3. The van der Waals surface area contributed by atoms with E-state index >= 15 is 0 Å². The molecule has 0 unspecified atom stereocenters. The van der Waals surface area contributed by atoms with E-state index in [9.17, 15) is 0 Å². The summed E-state index contributed by atoms with van der Waals surface area (Å²) in [7, 11) is 0. The molecule has 2 nitrogen and oxygen atoms in total. The maximum absolute atomic E-state index is 8.62. The Kier molecular flexibility index (Phi) is 1.79. The fourth-order valence-electron chi connectivity index (χ4n) is 1.59. The highest BCUT2D eigenvalue weighted by molar-refractivity contribution is 5.83. The third-order valence-electron chi connectivity index (χ3n) is 2.15. The van der Waals surface area contributed by atoms with E-state index in [1.165, 1.54) is 5.39 Å². The SMILES string of the molecule is Cc1cc2cccc(CC#N)c2[nH]1. The topological polar surface area (TPSA) is 39.6 Å². The molecule has 2 aromatic rings. The van der Waals surface area contributed by atoms with Crippen molar-refractivity contribution >= 4 is 10.9 Å². The molecule has 0 fully saturated rings. The van der Waals surface area contributed by atoms with Crippen LogP contribution in [0.3, 0.4) is 0 Å². The summed E-state index contributed by atoms with van der Waals surface area (Å²) < 4.78 is 0. The highest BCUT2D eigenvalue weighted by atomic mass is 14.7. The van der Waals surface area contributed by atoms with Crippen LogP contribution in [-0.2, 0) is 6.42 Å². The number of rotatable bonds is 1. The predicted octanol–water partition coefficient (Wildman–Crippen LogP) is 2.54. The summed E-state index contributed by atoms with van der Waals surface area (Å²) in [5.74, 6) is 0. The zero-order valence-electron chi connectivity index (χ0n) is 7.46. The van der Waals surface area contributed by atoms with Crippen molar-refractivity contribution in [2.75, 3.05) is 0 Å². The van der Waals surface area contributed by atoms with Crippen molar-refractivity contribution in [3.63, 3.8) is 0 Å². The molecule has 0 bridgehead atoms. The Labute approximate surface area is 76.8 Å². The van der Waals surface area contributed by atoms with E-state index in [-0.39, 0.29) is 0 Å². The second-order valence-electron chi connectivity index (χ2n) is 3.17. The summed E-state index contributed by atoms with van der Waals surface area (Å²) in [6.45, 7) is 2.02. The number of aryl methyl sites for hydroxylation is 1. The van der Waals surface area contributed by atoms with Crippen molar-refractivity contribution in [3.8, 4) is 6.07 Å². The molecule has 0 radical (unpaired) electrons. The van der Waals surface area contributed by atoms with Gasteiger partial charge in [-0.25, -0.2) is 0 Å². The molecular weight excluding hydrogens is 160 g/mol.